The van der Waals surface area contributed by atoms with Crippen LogP contribution in [-0.4, -0.2) is 33.9 Å². The number of halogens is 3. The topological polar surface area (TPSA) is 53.5 Å². The molecule has 1 aromatic carbocycles. The van der Waals surface area contributed by atoms with E-state index in [9.17, 15) is 22.8 Å². The van der Waals surface area contributed by atoms with Crippen molar-refractivity contribution in [3.05, 3.63) is 53.9 Å². The van der Waals surface area contributed by atoms with Gasteiger partial charge in [-0.05, 0) is 66.1 Å². The summed E-state index contributed by atoms with van der Waals surface area (Å²) in [6.45, 7) is 4.36. The Balaban J connectivity index is 1.71. The molecule has 1 aliphatic heterocycles. The van der Waals surface area contributed by atoms with Gasteiger partial charge in [-0.1, -0.05) is 13.8 Å². The number of anilines is 1. The van der Waals surface area contributed by atoms with Crippen LogP contribution in [0.25, 0.3) is 0 Å². The quantitative estimate of drug-likeness (QED) is 0.492. The lowest BCUT2D eigenvalue weighted by atomic mass is 10.1. The molecule has 3 amide bonds. The first-order valence-electron chi connectivity index (χ1n) is 9.04. The maximum absolute atomic E-state index is 12.7. The number of thioether (sulfide) groups is 1. The number of hydrogen-bond acceptors (Lipinski definition) is 4. The van der Waals surface area contributed by atoms with Gasteiger partial charge in [-0.25, -0.2) is 9.69 Å². The summed E-state index contributed by atoms with van der Waals surface area (Å²) >= 11 is -0.243. The van der Waals surface area contributed by atoms with E-state index in [2.05, 4.69) is 18.8 Å². The molecule has 0 radical (unpaired) electrons. The second-order valence-corrected chi connectivity index (χ2v) is 8.30. The normalized spacial score (nSPS) is 15.0. The Morgan fingerprint density at radius 2 is 1.83 bits per heavy atom. The predicted molar refractivity (Wildman–Crippen MR) is 104 cm³/mol. The number of benzene rings is 1. The molecule has 3 rings (SSSR count). The molecule has 5 nitrogen and oxygen atoms in total. The summed E-state index contributed by atoms with van der Waals surface area (Å²) in [5, 5.41) is 0. The molecule has 0 bridgehead atoms. The zero-order valence-corrected chi connectivity index (χ0v) is 16.8. The first-order chi connectivity index (χ1) is 13.6. The molecule has 1 fully saturated rings. The minimum Gasteiger partial charge on any atom is -0.310 e. The average Bonchev–Trinajstić information content (AvgIpc) is 2.88. The lowest BCUT2D eigenvalue weighted by Gasteiger charge is -2.18. The molecule has 9 heteroatoms. The summed E-state index contributed by atoms with van der Waals surface area (Å²) in [6.07, 6.45) is 2.50. The van der Waals surface area contributed by atoms with E-state index in [0.29, 0.717) is 5.92 Å². The van der Waals surface area contributed by atoms with Crippen LogP contribution in [0.3, 0.4) is 0 Å². The van der Waals surface area contributed by atoms with E-state index in [1.165, 1.54) is 29.2 Å². The van der Waals surface area contributed by atoms with Crippen LogP contribution < -0.4 is 4.90 Å². The summed E-state index contributed by atoms with van der Waals surface area (Å²) in [6, 6.07) is 8.42. The van der Waals surface area contributed by atoms with Crippen molar-refractivity contribution in [2.75, 3.05) is 11.4 Å². The van der Waals surface area contributed by atoms with Crippen LogP contribution in [0.4, 0.5) is 23.7 Å². The minimum absolute atomic E-state index is 0.00771. The van der Waals surface area contributed by atoms with Crippen molar-refractivity contribution in [1.29, 1.82) is 0 Å². The van der Waals surface area contributed by atoms with Gasteiger partial charge >= 0.3 is 11.5 Å². The molecule has 2 heterocycles. The molecule has 0 spiro atoms. The number of imide groups is 1. The molecular formula is C20H20F3N3O2S. The molecule has 2 aromatic rings. The number of rotatable bonds is 6. The third-order valence-electron chi connectivity index (χ3n) is 4.24. The van der Waals surface area contributed by atoms with Crippen LogP contribution in [0, 0.1) is 5.92 Å². The zero-order chi connectivity index (χ0) is 21.2. The summed E-state index contributed by atoms with van der Waals surface area (Å²) in [5.41, 5.74) is -2.35. The van der Waals surface area contributed by atoms with Crippen LogP contribution >= 0.6 is 11.8 Å². The first-order valence-corrected chi connectivity index (χ1v) is 9.85. The van der Waals surface area contributed by atoms with E-state index in [-0.39, 0.29) is 35.4 Å². The molecule has 154 valence electrons. The van der Waals surface area contributed by atoms with Gasteiger partial charge in [0.05, 0.1) is 5.69 Å². The van der Waals surface area contributed by atoms with E-state index in [4.69, 9.17) is 0 Å². The number of hydrogen-bond donors (Lipinski definition) is 0. The fraction of sp³-hybridized carbons (Fsp3) is 0.350. The second kappa shape index (κ2) is 8.44. The maximum atomic E-state index is 12.7. The van der Waals surface area contributed by atoms with Gasteiger partial charge in [-0.3, -0.25) is 9.78 Å². The fourth-order valence-corrected chi connectivity index (χ4v) is 3.64. The number of aromatic nitrogens is 1. The monoisotopic (exact) mass is 423 g/mol. The lowest BCUT2D eigenvalue weighted by molar-refractivity contribution is -0.116. The highest BCUT2D eigenvalue weighted by Crippen LogP contribution is 2.37. The summed E-state index contributed by atoms with van der Waals surface area (Å²) in [7, 11) is 0. The Kier molecular flexibility index (Phi) is 6.16. The Morgan fingerprint density at radius 3 is 2.45 bits per heavy atom. The number of urea groups is 1. The molecule has 0 unspecified atom stereocenters. The molecule has 1 aromatic heterocycles. The van der Waals surface area contributed by atoms with Crippen molar-refractivity contribution >= 4 is 29.4 Å². The molecule has 0 saturated carbocycles. The van der Waals surface area contributed by atoms with Crippen molar-refractivity contribution in [1.82, 2.24) is 9.88 Å². The van der Waals surface area contributed by atoms with Gasteiger partial charge in [-0.2, -0.15) is 13.2 Å². The Hall–Kier alpha value is -2.55. The predicted octanol–water partition coefficient (Wildman–Crippen LogP) is 4.86. The number of alkyl halides is 3. The van der Waals surface area contributed by atoms with Gasteiger partial charge in [0.25, 0.3) is 5.91 Å². The van der Waals surface area contributed by atoms with E-state index >= 15 is 0 Å². The third-order valence-corrected chi connectivity index (χ3v) is 4.98. The number of nitrogens with zero attached hydrogens (tertiary/aromatic N) is 3. The number of amides is 3. The summed E-state index contributed by atoms with van der Waals surface area (Å²) in [4.78, 5) is 31.8. The van der Waals surface area contributed by atoms with Crippen LogP contribution in [0.1, 0.15) is 25.1 Å². The van der Waals surface area contributed by atoms with Gasteiger partial charge in [0, 0.05) is 23.3 Å². The van der Waals surface area contributed by atoms with Crippen LogP contribution in [0.2, 0.25) is 0 Å². The highest BCUT2D eigenvalue weighted by atomic mass is 32.2. The third kappa shape index (κ3) is 5.50. The van der Waals surface area contributed by atoms with E-state index in [1.54, 1.807) is 12.3 Å². The summed E-state index contributed by atoms with van der Waals surface area (Å²) in [5.74, 6) is 0.0319. The molecule has 29 heavy (non-hydrogen) atoms. The molecule has 0 atom stereocenters. The number of carbonyl (C=O) groups excluding carboxylic acids is 2. The summed E-state index contributed by atoms with van der Waals surface area (Å²) < 4.78 is 37.4. The van der Waals surface area contributed by atoms with E-state index in [1.807, 2.05) is 6.07 Å². The SMILES string of the molecule is CC(C)Cc1cc(CN2CC(=O)N(c3ccc(SC(F)(F)F)cc3)C2=O)ccn1. The average molecular weight is 423 g/mol. The maximum Gasteiger partial charge on any atom is 0.446 e. The minimum atomic E-state index is -4.39. The first kappa shape index (κ1) is 21.2. The number of carbonyl (C=O) groups is 2. The molecule has 0 N–H and O–H groups in total. The van der Waals surface area contributed by atoms with Crippen molar-refractivity contribution < 1.29 is 22.8 Å². The molecule has 1 aliphatic rings. The van der Waals surface area contributed by atoms with Crippen molar-refractivity contribution in [3.8, 4) is 0 Å². The molecule has 0 aliphatic carbocycles. The standard InChI is InChI=1S/C20H20F3N3O2S/c1-13(2)9-15-10-14(7-8-24-15)11-25-12-18(27)26(19(25)28)16-3-5-17(6-4-16)29-20(21,22)23/h3-8,10,13H,9,11-12H2,1-2H3. The van der Waals surface area contributed by atoms with Gasteiger partial charge in [-0.15, -0.1) is 0 Å². The van der Waals surface area contributed by atoms with Crippen molar-refractivity contribution in [3.63, 3.8) is 0 Å². The van der Waals surface area contributed by atoms with Gasteiger partial charge in [0.1, 0.15) is 6.54 Å². The second-order valence-electron chi connectivity index (χ2n) is 7.16. The van der Waals surface area contributed by atoms with Crippen LogP contribution in [-0.2, 0) is 17.8 Å². The fourth-order valence-electron chi connectivity index (χ4n) is 3.10. The van der Waals surface area contributed by atoms with Crippen LogP contribution in [0.15, 0.2) is 47.5 Å². The van der Waals surface area contributed by atoms with E-state index < -0.39 is 17.4 Å². The van der Waals surface area contributed by atoms with Gasteiger partial charge in [0.15, 0.2) is 0 Å². The Morgan fingerprint density at radius 1 is 1.14 bits per heavy atom. The molecule has 1 saturated heterocycles. The highest BCUT2D eigenvalue weighted by Gasteiger charge is 2.37. The molecular weight excluding hydrogens is 403 g/mol. The lowest BCUT2D eigenvalue weighted by Crippen LogP contribution is -2.32. The van der Waals surface area contributed by atoms with Gasteiger partial charge in [0.2, 0.25) is 0 Å². The smallest absolute Gasteiger partial charge is 0.310 e. The van der Waals surface area contributed by atoms with E-state index in [0.717, 1.165) is 22.6 Å². The van der Waals surface area contributed by atoms with Crippen molar-refractivity contribution in [2.45, 2.75) is 37.2 Å². The largest absolute Gasteiger partial charge is 0.446 e. The van der Waals surface area contributed by atoms with Crippen LogP contribution in [0.5, 0.6) is 0 Å². The highest BCUT2D eigenvalue weighted by molar-refractivity contribution is 8.00. The Labute approximate surface area is 170 Å². The Bertz CT molecular complexity index is 901. The van der Waals surface area contributed by atoms with Gasteiger partial charge < -0.3 is 4.90 Å². The zero-order valence-electron chi connectivity index (χ0n) is 15.9. The van der Waals surface area contributed by atoms with Crippen molar-refractivity contribution in [2.24, 2.45) is 5.92 Å². The number of pyridine rings is 1.